The molecule has 0 aliphatic carbocycles. The normalized spacial score (nSPS) is 17.5. The van der Waals surface area contributed by atoms with Gasteiger partial charge in [-0.25, -0.2) is 9.97 Å². The van der Waals surface area contributed by atoms with E-state index in [-0.39, 0.29) is 17.9 Å². The maximum absolute atomic E-state index is 13.1. The maximum Gasteiger partial charge on any atom is 0.268 e. The second-order valence-electron chi connectivity index (χ2n) is 6.27. The molecule has 0 bridgehead atoms. The van der Waals surface area contributed by atoms with Crippen LogP contribution in [-0.2, 0) is 0 Å². The van der Waals surface area contributed by atoms with E-state index in [1.54, 1.807) is 0 Å². The van der Waals surface area contributed by atoms with E-state index in [4.69, 9.17) is 0 Å². The largest absolute Gasteiger partial charge is 0.373 e. The Morgan fingerprint density at radius 3 is 2.92 bits per heavy atom. The van der Waals surface area contributed by atoms with Crippen LogP contribution in [-0.4, -0.2) is 44.0 Å². The van der Waals surface area contributed by atoms with Gasteiger partial charge in [0.15, 0.2) is 0 Å². The van der Waals surface area contributed by atoms with E-state index < -0.39 is 0 Å². The first-order chi connectivity index (χ1) is 11.5. The summed E-state index contributed by atoms with van der Waals surface area (Å²) in [5, 5.41) is 7.19. The standard InChI is InChI=1S/C16H22N6OS/c1-9(2)14-15(24-21-20-14)16(23)22-7-5-6-12(22)11-8-13(17-4)19-10(3)18-11/h8-9,12H,5-7H2,1-4H3,(H,17,18,19)/t12-/m0/s1. The van der Waals surface area contributed by atoms with E-state index in [2.05, 4.69) is 24.9 Å². The zero-order chi connectivity index (χ0) is 17.3. The van der Waals surface area contributed by atoms with E-state index >= 15 is 0 Å². The van der Waals surface area contributed by atoms with Gasteiger partial charge in [-0.3, -0.25) is 4.79 Å². The van der Waals surface area contributed by atoms with Gasteiger partial charge < -0.3 is 10.2 Å². The topological polar surface area (TPSA) is 83.9 Å². The first kappa shape index (κ1) is 16.8. The number of likely N-dealkylation sites (tertiary alicyclic amines) is 1. The molecule has 1 saturated heterocycles. The summed E-state index contributed by atoms with van der Waals surface area (Å²) < 4.78 is 3.98. The van der Waals surface area contributed by atoms with Gasteiger partial charge in [0.1, 0.15) is 16.5 Å². The second kappa shape index (κ2) is 6.80. The number of nitrogens with one attached hydrogen (secondary N) is 1. The van der Waals surface area contributed by atoms with Crippen LogP contribution < -0.4 is 5.32 Å². The van der Waals surface area contributed by atoms with Gasteiger partial charge in [-0.2, -0.15) is 0 Å². The molecule has 1 N–H and O–H groups in total. The first-order valence-electron chi connectivity index (χ1n) is 8.17. The minimum Gasteiger partial charge on any atom is -0.373 e. The van der Waals surface area contributed by atoms with Crippen molar-refractivity contribution in [2.24, 2.45) is 0 Å². The van der Waals surface area contributed by atoms with Crippen molar-refractivity contribution in [3.05, 3.63) is 28.2 Å². The number of amides is 1. The molecular formula is C16H22N6OS. The number of rotatable bonds is 4. The Morgan fingerprint density at radius 1 is 1.42 bits per heavy atom. The van der Waals surface area contributed by atoms with E-state index in [1.807, 2.05) is 38.8 Å². The average Bonchev–Trinajstić information content (AvgIpc) is 3.22. The molecule has 0 aromatic carbocycles. The summed E-state index contributed by atoms with van der Waals surface area (Å²) in [6.07, 6.45) is 1.88. The smallest absolute Gasteiger partial charge is 0.268 e. The number of carbonyl (C=O) groups is 1. The highest BCUT2D eigenvalue weighted by molar-refractivity contribution is 7.08. The molecule has 8 heteroatoms. The summed E-state index contributed by atoms with van der Waals surface area (Å²) in [4.78, 5) is 24.5. The van der Waals surface area contributed by atoms with Gasteiger partial charge in [0, 0.05) is 19.7 Å². The van der Waals surface area contributed by atoms with Crippen LogP contribution in [0.5, 0.6) is 0 Å². The monoisotopic (exact) mass is 346 g/mol. The molecule has 1 aliphatic rings. The number of aromatic nitrogens is 4. The number of nitrogens with zero attached hydrogens (tertiary/aromatic N) is 5. The molecule has 24 heavy (non-hydrogen) atoms. The quantitative estimate of drug-likeness (QED) is 0.916. The summed E-state index contributed by atoms with van der Waals surface area (Å²) in [6, 6.07) is 1.91. The lowest BCUT2D eigenvalue weighted by Crippen LogP contribution is -2.31. The summed E-state index contributed by atoms with van der Waals surface area (Å²) in [6.45, 7) is 6.66. The lowest BCUT2D eigenvalue weighted by atomic mass is 10.1. The molecule has 3 rings (SSSR count). The molecule has 0 spiro atoms. The summed E-state index contributed by atoms with van der Waals surface area (Å²) in [5.74, 6) is 1.68. The number of aryl methyl sites for hydroxylation is 1. The molecule has 2 aromatic heterocycles. The zero-order valence-corrected chi connectivity index (χ0v) is 15.2. The van der Waals surface area contributed by atoms with Gasteiger partial charge in [-0.1, -0.05) is 18.3 Å². The van der Waals surface area contributed by atoms with E-state index in [0.717, 1.165) is 36.6 Å². The van der Waals surface area contributed by atoms with E-state index in [0.29, 0.717) is 10.7 Å². The van der Waals surface area contributed by atoms with Crippen LogP contribution in [0.25, 0.3) is 0 Å². The molecule has 0 unspecified atom stereocenters. The Morgan fingerprint density at radius 2 is 2.21 bits per heavy atom. The van der Waals surface area contributed by atoms with Crippen molar-refractivity contribution in [2.75, 3.05) is 18.9 Å². The molecule has 0 radical (unpaired) electrons. The van der Waals surface area contributed by atoms with Crippen molar-refractivity contribution in [3.63, 3.8) is 0 Å². The third-order valence-electron chi connectivity index (χ3n) is 4.22. The third-order valence-corrected chi connectivity index (χ3v) is 4.95. The molecule has 7 nitrogen and oxygen atoms in total. The van der Waals surface area contributed by atoms with Gasteiger partial charge in [-0.15, -0.1) is 5.10 Å². The molecule has 1 aliphatic heterocycles. The Labute approximate surface area is 145 Å². The van der Waals surface area contributed by atoms with E-state index in [1.165, 1.54) is 11.5 Å². The molecule has 128 valence electrons. The van der Waals surface area contributed by atoms with E-state index in [9.17, 15) is 4.79 Å². The van der Waals surface area contributed by atoms with Crippen LogP contribution in [0.1, 0.15) is 65.5 Å². The minimum atomic E-state index is -0.0200. The maximum atomic E-state index is 13.1. The summed E-state index contributed by atoms with van der Waals surface area (Å²) in [7, 11) is 1.83. The Balaban J connectivity index is 1.92. The van der Waals surface area contributed by atoms with Crippen LogP contribution in [0.2, 0.25) is 0 Å². The van der Waals surface area contributed by atoms with Crippen molar-refractivity contribution >= 4 is 23.3 Å². The van der Waals surface area contributed by atoms with Crippen molar-refractivity contribution < 1.29 is 4.79 Å². The highest BCUT2D eigenvalue weighted by Gasteiger charge is 2.34. The molecule has 1 atom stereocenters. The van der Waals surface area contributed by atoms with Gasteiger partial charge in [0.05, 0.1) is 17.4 Å². The fourth-order valence-electron chi connectivity index (χ4n) is 3.06. The SMILES string of the molecule is CNc1cc([C@@H]2CCCN2C(=O)c2snnc2C(C)C)nc(C)n1. The van der Waals surface area contributed by atoms with Crippen LogP contribution in [0, 0.1) is 6.92 Å². The summed E-state index contributed by atoms with van der Waals surface area (Å²) >= 11 is 1.18. The molecular weight excluding hydrogens is 324 g/mol. The van der Waals surface area contributed by atoms with Gasteiger partial charge in [0.25, 0.3) is 5.91 Å². The first-order valence-corrected chi connectivity index (χ1v) is 8.95. The highest BCUT2D eigenvalue weighted by atomic mass is 32.1. The van der Waals surface area contributed by atoms with Crippen LogP contribution in [0.4, 0.5) is 5.82 Å². The van der Waals surface area contributed by atoms with Crippen LogP contribution >= 0.6 is 11.5 Å². The predicted octanol–water partition coefficient (Wildman–Crippen LogP) is 2.78. The highest BCUT2D eigenvalue weighted by Crippen LogP contribution is 2.34. The van der Waals surface area contributed by atoms with Crippen molar-refractivity contribution in [2.45, 2.75) is 45.6 Å². The van der Waals surface area contributed by atoms with Gasteiger partial charge >= 0.3 is 0 Å². The van der Waals surface area contributed by atoms with Crippen molar-refractivity contribution in [3.8, 4) is 0 Å². The predicted molar refractivity (Wildman–Crippen MR) is 93.3 cm³/mol. The average molecular weight is 346 g/mol. The van der Waals surface area contributed by atoms with Crippen molar-refractivity contribution in [1.29, 1.82) is 0 Å². The minimum absolute atomic E-state index is 0.0125. The molecule has 1 amide bonds. The number of hydrogen-bond donors (Lipinski definition) is 1. The molecule has 3 heterocycles. The summed E-state index contributed by atoms with van der Waals surface area (Å²) in [5.41, 5.74) is 1.67. The lowest BCUT2D eigenvalue weighted by molar-refractivity contribution is 0.0736. The van der Waals surface area contributed by atoms with Crippen LogP contribution in [0.15, 0.2) is 6.07 Å². The Bertz CT molecular complexity index is 744. The number of hydrogen-bond acceptors (Lipinski definition) is 7. The van der Waals surface area contributed by atoms with Gasteiger partial charge in [-0.05, 0) is 37.2 Å². The number of anilines is 1. The molecule has 1 fully saturated rings. The second-order valence-corrected chi connectivity index (χ2v) is 7.03. The third kappa shape index (κ3) is 3.10. The van der Waals surface area contributed by atoms with Crippen LogP contribution in [0.3, 0.4) is 0 Å². The fourth-order valence-corrected chi connectivity index (χ4v) is 3.84. The Hall–Kier alpha value is -2.09. The molecule has 2 aromatic rings. The van der Waals surface area contributed by atoms with Crippen molar-refractivity contribution in [1.82, 2.24) is 24.5 Å². The Kier molecular flexibility index (Phi) is 4.75. The lowest BCUT2D eigenvalue weighted by Gasteiger charge is -2.24. The fraction of sp³-hybridized carbons (Fsp3) is 0.562. The zero-order valence-electron chi connectivity index (χ0n) is 14.4. The molecule has 0 saturated carbocycles. The number of carbonyl (C=O) groups excluding carboxylic acids is 1. The van der Waals surface area contributed by atoms with Gasteiger partial charge in [0.2, 0.25) is 0 Å².